The van der Waals surface area contributed by atoms with Crippen molar-refractivity contribution in [1.82, 2.24) is 10.2 Å². The Hall–Kier alpha value is -4.48. The molecular weight excluding hydrogens is 600 g/mol. The van der Waals surface area contributed by atoms with Crippen LogP contribution in [0.5, 0.6) is 17.2 Å². The molecule has 3 aliphatic rings. The maximum Gasteiger partial charge on any atom is 0.409 e. The Labute approximate surface area is 276 Å². The number of hydrogen-bond donors (Lipinski definition) is 1. The van der Waals surface area contributed by atoms with Gasteiger partial charge in [-0.15, -0.1) is 0 Å². The zero-order valence-corrected chi connectivity index (χ0v) is 27.0. The van der Waals surface area contributed by atoms with Crippen LogP contribution in [-0.2, 0) is 27.3 Å². The van der Waals surface area contributed by atoms with Gasteiger partial charge in [0.05, 0.1) is 46.1 Å². The van der Waals surface area contributed by atoms with Crippen molar-refractivity contribution < 1.29 is 33.3 Å². The highest BCUT2D eigenvalue weighted by molar-refractivity contribution is 5.96. The Kier molecular flexibility index (Phi) is 11.0. The number of hydrogen-bond acceptors (Lipinski definition) is 9. The van der Waals surface area contributed by atoms with Crippen LogP contribution in [0, 0.1) is 0 Å². The third-order valence-electron chi connectivity index (χ3n) is 8.76. The van der Waals surface area contributed by atoms with Crippen molar-refractivity contribution in [3.63, 3.8) is 0 Å². The number of aryl methyl sites for hydroxylation is 1. The van der Waals surface area contributed by atoms with Crippen molar-refractivity contribution in [2.24, 2.45) is 0 Å². The van der Waals surface area contributed by atoms with Crippen LogP contribution >= 0.6 is 0 Å². The van der Waals surface area contributed by atoms with E-state index in [9.17, 15) is 9.59 Å². The van der Waals surface area contributed by atoms with E-state index < -0.39 is 0 Å². The van der Waals surface area contributed by atoms with Gasteiger partial charge in [0.25, 0.3) is 0 Å². The van der Waals surface area contributed by atoms with Gasteiger partial charge in [0.1, 0.15) is 30.5 Å². The van der Waals surface area contributed by atoms with Gasteiger partial charge in [0.15, 0.2) is 0 Å². The quantitative estimate of drug-likeness (QED) is 0.243. The minimum atomic E-state index is -0.233. The zero-order chi connectivity index (χ0) is 32.4. The van der Waals surface area contributed by atoms with Crippen LogP contribution in [-0.4, -0.2) is 95.7 Å². The maximum atomic E-state index is 13.1. The lowest BCUT2D eigenvalue weighted by Gasteiger charge is -2.36. The molecule has 3 aromatic carbocycles. The van der Waals surface area contributed by atoms with Gasteiger partial charge in [0, 0.05) is 55.6 Å². The summed E-state index contributed by atoms with van der Waals surface area (Å²) in [5.41, 5.74) is 4.27. The molecule has 6 rings (SSSR count). The number of anilines is 2. The Morgan fingerprint density at radius 3 is 2.57 bits per heavy atom. The van der Waals surface area contributed by atoms with Crippen LogP contribution in [0.2, 0.25) is 0 Å². The van der Waals surface area contributed by atoms with Crippen molar-refractivity contribution >= 4 is 23.4 Å². The number of nitrogens with one attached hydrogen (secondary N) is 1. The first-order valence-corrected chi connectivity index (χ1v) is 16.5. The van der Waals surface area contributed by atoms with E-state index in [0.29, 0.717) is 52.7 Å². The number of piperazine rings is 1. The molecule has 0 bridgehead atoms. The number of amides is 2. The van der Waals surface area contributed by atoms with Gasteiger partial charge in [-0.1, -0.05) is 24.3 Å². The topological polar surface area (TPSA) is 102 Å². The van der Waals surface area contributed by atoms with E-state index in [-0.39, 0.29) is 24.6 Å². The predicted molar refractivity (Wildman–Crippen MR) is 179 cm³/mol. The number of carbonyl (C=O) groups is 2. The fourth-order valence-corrected chi connectivity index (χ4v) is 6.29. The third-order valence-corrected chi connectivity index (χ3v) is 8.76. The number of methoxy groups -OCH3 is 1. The summed E-state index contributed by atoms with van der Waals surface area (Å²) in [7, 11) is 1.66. The van der Waals surface area contributed by atoms with Gasteiger partial charge in [0.2, 0.25) is 5.91 Å². The third kappa shape index (κ3) is 8.28. The molecule has 0 saturated carbocycles. The van der Waals surface area contributed by atoms with Crippen LogP contribution in [0.1, 0.15) is 24.0 Å². The molecule has 0 aliphatic carbocycles. The molecule has 47 heavy (non-hydrogen) atoms. The predicted octanol–water partition coefficient (Wildman–Crippen LogP) is 4.27. The number of nitrogens with zero attached hydrogens (tertiary/aromatic N) is 3. The van der Waals surface area contributed by atoms with Crippen molar-refractivity contribution in [1.29, 1.82) is 0 Å². The summed E-state index contributed by atoms with van der Waals surface area (Å²) in [4.78, 5) is 30.9. The fraction of sp³-hybridized carbons (Fsp3) is 0.444. The van der Waals surface area contributed by atoms with Gasteiger partial charge >= 0.3 is 6.09 Å². The minimum Gasteiger partial charge on any atom is -0.496 e. The van der Waals surface area contributed by atoms with E-state index in [1.807, 2.05) is 59.5 Å². The number of cyclic esters (lactones) is 1. The lowest BCUT2D eigenvalue weighted by Crippen LogP contribution is -2.57. The molecule has 2 amide bonds. The molecule has 1 atom stereocenters. The summed E-state index contributed by atoms with van der Waals surface area (Å²) < 4.78 is 28.5. The highest BCUT2D eigenvalue weighted by Gasteiger charge is 2.30. The first kappa shape index (κ1) is 32.5. The molecule has 2 fully saturated rings. The SMILES string of the molecule is COc1ccccc1COCCCOc1ccc(N2C(=O)CNC[C@@H]2COc2ccc3c(c2)N(CCN2CCOC2=O)CCC3)cc1. The van der Waals surface area contributed by atoms with Crippen molar-refractivity contribution in [2.45, 2.75) is 31.9 Å². The number of para-hydroxylation sites is 1. The first-order chi connectivity index (χ1) is 23.1. The highest BCUT2D eigenvalue weighted by Crippen LogP contribution is 2.32. The monoisotopic (exact) mass is 644 g/mol. The smallest absolute Gasteiger partial charge is 0.409 e. The highest BCUT2D eigenvalue weighted by atomic mass is 16.6. The molecule has 11 nitrogen and oxygen atoms in total. The van der Waals surface area contributed by atoms with E-state index >= 15 is 0 Å². The van der Waals surface area contributed by atoms with Crippen LogP contribution in [0.15, 0.2) is 66.7 Å². The molecule has 0 spiro atoms. The zero-order valence-electron chi connectivity index (χ0n) is 27.0. The number of rotatable bonds is 15. The molecule has 0 aromatic heterocycles. The Balaban J connectivity index is 0.995. The average Bonchev–Trinajstić information content (AvgIpc) is 3.52. The molecule has 2 saturated heterocycles. The van der Waals surface area contributed by atoms with Crippen LogP contribution in [0.4, 0.5) is 16.2 Å². The van der Waals surface area contributed by atoms with E-state index in [4.69, 9.17) is 23.7 Å². The van der Waals surface area contributed by atoms with Gasteiger partial charge in [-0.25, -0.2) is 4.79 Å². The molecule has 3 aromatic rings. The maximum absolute atomic E-state index is 13.1. The number of fused-ring (bicyclic) bond motifs is 1. The normalized spacial score (nSPS) is 17.8. The second kappa shape index (κ2) is 15.9. The summed E-state index contributed by atoms with van der Waals surface area (Å²) in [5.74, 6) is 2.34. The Bertz CT molecular complexity index is 1500. The summed E-state index contributed by atoms with van der Waals surface area (Å²) >= 11 is 0. The molecule has 0 unspecified atom stereocenters. The van der Waals surface area contributed by atoms with Gasteiger partial charge in [-0.3, -0.25) is 4.79 Å². The number of benzene rings is 3. The summed E-state index contributed by atoms with van der Waals surface area (Å²) in [6, 6.07) is 21.6. The lowest BCUT2D eigenvalue weighted by molar-refractivity contribution is -0.119. The van der Waals surface area contributed by atoms with Crippen molar-refractivity contribution in [3.05, 3.63) is 77.9 Å². The van der Waals surface area contributed by atoms with Gasteiger partial charge in [-0.2, -0.15) is 0 Å². The largest absolute Gasteiger partial charge is 0.496 e. The van der Waals surface area contributed by atoms with E-state index in [0.717, 1.165) is 66.5 Å². The van der Waals surface area contributed by atoms with Crippen LogP contribution in [0.3, 0.4) is 0 Å². The summed E-state index contributed by atoms with van der Waals surface area (Å²) in [6.45, 7) is 6.27. The molecule has 1 N–H and O–H groups in total. The van der Waals surface area contributed by atoms with Crippen LogP contribution < -0.4 is 29.3 Å². The molecule has 3 heterocycles. The lowest BCUT2D eigenvalue weighted by atomic mass is 10.0. The fourth-order valence-electron chi connectivity index (χ4n) is 6.29. The number of ether oxygens (including phenoxy) is 5. The molecular formula is C36H44N4O7. The molecule has 3 aliphatic heterocycles. The second-order valence-electron chi connectivity index (χ2n) is 11.9. The minimum absolute atomic E-state index is 0.00256. The molecule has 0 radical (unpaired) electrons. The summed E-state index contributed by atoms with van der Waals surface area (Å²) in [6.07, 6.45) is 2.61. The van der Waals surface area contributed by atoms with Gasteiger partial charge < -0.3 is 43.7 Å². The molecule has 11 heteroatoms. The second-order valence-corrected chi connectivity index (χ2v) is 11.9. The Morgan fingerprint density at radius 2 is 1.74 bits per heavy atom. The summed E-state index contributed by atoms with van der Waals surface area (Å²) in [5, 5.41) is 3.23. The average molecular weight is 645 g/mol. The first-order valence-electron chi connectivity index (χ1n) is 16.5. The van der Waals surface area contributed by atoms with Crippen molar-refractivity contribution in [3.8, 4) is 17.2 Å². The van der Waals surface area contributed by atoms with E-state index in [1.165, 1.54) is 5.56 Å². The van der Waals surface area contributed by atoms with Crippen molar-refractivity contribution in [2.75, 3.05) is 82.6 Å². The van der Waals surface area contributed by atoms with Crippen LogP contribution in [0.25, 0.3) is 0 Å². The van der Waals surface area contributed by atoms with E-state index in [1.54, 1.807) is 12.0 Å². The standard InChI is InChI=1S/C36H44N4O7/c1-43-34-8-3-2-6-28(34)25-44-19-5-20-45-31-13-10-29(11-14-31)40-30(23-37-24-35(40)41)26-47-32-12-9-27-7-4-15-38(33(27)22-32)16-17-39-18-21-46-36(39)42/h2-3,6,8-14,22,30,37H,4-5,7,15-21,23-26H2,1H3/t30-/m1/s1. The van der Waals surface area contributed by atoms with Gasteiger partial charge in [-0.05, 0) is 54.8 Å². The number of carbonyl (C=O) groups excluding carboxylic acids is 2. The van der Waals surface area contributed by atoms with E-state index in [2.05, 4.69) is 22.3 Å². The Morgan fingerprint density at radius 1 is 0.915 bits per heavy atom. The molecule has 250 valence electrons.